The summed E-state index contributed by atoms with van der Waals surface area (Å²) < 4.78 is 17.9. The topological polar surface area (TPSA) is 90.6 Å². The summed E-state index contributed by atoms with van der Waals surface area (Å²) in [5, 5.41) is 5.09. The summed E-state index contributed by atoms with van der Waals surface area (Å²) in [4.78, 5) is 24.9. The van der Waals surface area contributed by atoms with Crippen molar-refractivity contribution < 1.29 is 18.8 Å². The van der Waals surface area contributed by atoms with Crippen LogP contribution in [0.4, 0.5) is 4.79 Å². The Labute approximate surface area is 226 Å². The van der Waals surface area contributed by atoms with Crippen LogP contribution >= 0.6 is 11.3 Å². The average Bonchev–Trinajstić information content (AvgIpc) is 3.29. The van der Waals surface area contributed by atoms with Gasteiger partial charge >= 0.3 is 6.09 Å². The smallest absolute Gasteiger partial charge is 0.410 e. The SMILES string of the molecule is COc1ccc2nc(-c3nc(C4(CN(C(=O)OC(C)(C)C)[C@H]5CC5c5ccccc5)CCC4)no3)sc2c1. The molecule has 4 aromatic rings. The number of carbonyl (C=O) groups excluding carboxylic acids is 1. The number of carbonyl (C=O) groups is 1. The summed E-state index contributed by atoms with van der Waals surface area (Å²) in [6.45, 7) is 6.22. The molecule has 6 rings (SSSR count). The molecule has 0 aliphatic heterocycles. The molecule has 198 valence electrons. The molecule has 2 fully saturated rings. The van der Waals surface area contributed by atoms with Crippen molar-refractivity contribution in [1.29, 1.82) is 0 Å². The number of hydrogen-bond acceptors (Lipinski definition) is 8. The van der Waals surface area contributed by atoms with Crippen LogP contribution in [0.25, 0.3) is 21.1 Å². The van der Waals surface area contributed by atoms with Gasteiger partial charge in [-0.15, -0.1) is 11.3 Å². The molecule has 2 atom stereocenters. The number of ether oxygens (including phenoxy) is 2. The Morgan fingerprint density at radius 2 is 1.95 bits per heavy atom. The fraction of sp³-hybridized carbons (Fsp3) is 0.448. The van der Waals surface area contributed by atoms with Crippen LogP contribution in [0.2, 0.25) is 0 Å². The summed E-state index contributed by atoms with van der Waals surface area (Å²) in [5.41, 5.74) is 1.18. The molecule has 0 radical (unpaired) electrons. The van der Waals surface area contributed by atoms with E-state index in [0.29, 0.717) is 29.2 Å². The molecule has 1 unspecified atom stereocenters. The van der Waals surface area contributed by atoms with Crippen molar-refractivity contribution in [2.75, 3.05) is 13.7 Å². The number of thiazole rings is 1. The maximum absolute atomic E-state index is 13.5. The van der Waals surface area contributed by atoms with Crippen molar-refractivity contribution in [2.45, 2.75) is 69.4 Å². The van der Waals surface area contributed by atoms with Gasteiger partial charge < -0.3 is 18.9 Å². The molecular formula is C29H32N4O4S. The van der Waals surface area contributed by atoms with E-state index in [2.05, 4.69) is 29.4 Å². The molecule has 2 heterocycles. The van der Waals surface area contributed by atoms with Gasteiger partial charge in [-0.1, -0.05) is 41.9 Å². The Balaban J connectivity index is 1.27. The largest absolute Gasteiger partial charge is 0.497 e. The van der Waals surface area contributed by atoms with E-state index in [-0.39, 0.29) is 17.6 Å². The molecule has 8 nitrogen and oxygen atoms in total. The molecule has 2 aliphatic carbocycles. The molecule has 2 aliphatic rings. The van der Waals surface area contributed by atoms with Gasteiger partial charge in [0, 0.05) is 18.5 Å². The molecule has 2 saturated carbocycles. The number of fused-ring (bicyclic) bond motifs is 1. The fourth-order valence-electron chi connectivity index (χ4n) is 5.25. The number of benzene rings is 2. The van der Waals surface area contributed by atoms with E-state index in [1.54, 1.807) is 7.11 Å². The van der Waals surface area contributed by atoms with E-state index in [1.807, 2.05) is 49.9 Å². The second kappa shape index (κ2) is 9.38. The third-order valence-corrected chi connectivity index (χ3v) is 8.48. The number of aromatic nitrogens is 3. The van der Waals surface area contributed by atoms with E-state index in [0.717, 1.165) is 41.6 Å². The van der Waals surface area contributed by atoms with E-state index in [1.165, 1.54) is 16.9 Å². The van der Waals surface area contributed by atoms with Crippen LogP contribution in [0.5, 0.6) is 5.75 Å². The molecule has 2 aromatic carbocycles. The molecule has 0 bridgehead atoms. The highest BCUT2D eigenvalue weighted by molar-refractivity contribution is 7.21. The summed E-state index contributed by atoms with van der Waals surface area (Å²) in [7, 11) is 1.65. The van der Waals surface area contributed by atoms with Gasteiger partial charge in [-0.25, -0.2) is 9.78 Å². The van der Waals surface area contributed by atoms with Gasteiger partial charge in [-0.3, -0.25) is 0 Å². The third kappa shape index (κ3) is 4.75. The molecule has 0 spiro atoms. The molecule has 38 heavy (non-hydrogen) atoms. The van der Waals surface area contributed by atoms with Crippen molar-refractivity contribution in [3.8, 4) is 16.6 Å². The minimum atomic E-state index is -0.575. The highest BCUT2D eigenvalue weighted by Crippen LogP contribution is 2.49. The minimum absolute atomic E-state index is 0.0929. The van der Waals surface area contributed by atoms with E-state index in [4.69, 9.17) is 24.0 Å². The maximum atomic E-state index is 13.5. The Morgan fingerprint density at radius 3 is 2.63 bits per heavy atom. The van der Waals surface area contributed by atoms with Gasteiger partial charge in [0.05, 0.1) is 22.7 Å². The molecule has 1 amide bonds. The lowest BCUT2D eigenvalue weighted by atomic mass is 9.67. The second-order valence-electron chi connectivity index (χ2n) is 11.3. The van der Waals surface area contributed by atoms with Crippen LogP contribution in [0.15, 0.2) is 53.1 Å². The summed E-state index contributed by atoms with van der Waals surface area (Å²) in [6.07, 6.45) is 3.48. The van der Waals surface area contributed by atoms with Gasteiger partial charge in [-0.2, -0.15) is 4.98 Å². The standard InChI is InChI=1S/C29H32N4O4S/c1-28(2,3)36-27(34)33(22-16-20(22)18-9-6-5-7-10-18)17-29(13-8-14-29)26-31-24(37-32-26)25-30-21-12-11-19(35-4)15-23(21)38-25/h5-7,9-12,15,20,22H,8,13-14,16-17H2,1-4H3/t20?,22-/m0/s1. The second-order valence-corrected chi connectivity index (χ2v) is 12.4. The predicted molar refractivity (Wildman–Crippen MR) is 146 cm³/mol. The van der Waals surface area contributed by atoms with Crippen LogP contribution in [-0.2, 0) is 10.2 Å². The fourth-order valence-corrected chi connectivity index (χ4v) is 6.17. The first-order valence-corrected chi connectivity index (χ1v) is 13.9. The molecule has 0 N–H and O–H groups in total. The number of hydrogen-bond donors (Lipinski definition) is 0. The monoisotopic (exact) mass is 532 g/mol. The van der Waals surface area contributed by atoms with Gasteiger partial charge in [-0.05, 0) is 63.8 Å². The highest BCUT2D eigenvalue weighted by Gasteiger charge is 2.52. The Bertz CT molecular complexity index is 1450. The first-order valence-electron chi connectivity index (χ1n) is 13.1. The van der Waals surface area contributed by atoms with Crippen LogP contribution in [0, 0.1) is 0 Å². The van der Waals surface area contributed by atoms with E-state index < -0.39 is 5.60 Å². The van der Waals surface area contributed by atoms with Crippen LogP contribution in [0.3, 0.4) is 0 Å². The van der Waals surface area contributed by atoms with Crippen molar-refractivity contribution in [2.24, 2.45) is 0 Å². The van der Waals surface area contributed by atoms with E-state index in [9.17, 15) is 4.79 Å². The lowest BCUT2D eigenvalue weighted by Gasteiger charge is -2.43. The third-order valence-electron chi connectivity index (χ3n) is 7.48. The summed E-state index contributed by atoms with van der Waals surface area (Å²) in [6, 6.07) is 16.3. The Kier molecular flexibility index (Phi) is 6.13. The minimum Gasteiger partial charge on any atom is -0.497 e. The van der Waals surface area contributed by atoms with Gasteiger partial charge in [0.25, 0.3) is 5.89 Å². The lowest BCUT2D eigenvalue weighted by Crippen LogP contribution is -2.50. The number of nitrogens with zero attached hydrogens (tertiary/aromatic N) is 4. The number of amides is 1. The summed E-state index contributed by atoms with van der Waals surface area (Å²) >= 11 is 1.50. The Hall–Kier alpha value is -3.46. The zero-order chi connectivity index (χ0) is 26.5. The molecule has 9 heteroatoms. The molecule has 0 saturated heterocycles. The van der Waals surface area contributed by atoms with Crippen molar-refractivity contribution in [3.05, 3.63) is 59.9 Å². The first kappa shape index (κ1) is 24.9. The predicted octanol–water partition coefficient (Wildman–Crippen LogP) is 6.57. The molecular weight excluding hydrogens is 500 g/mol. The maximum Gasteiger partial charge on any atom is 0.410 e. The van der Waals surface area contributed by atoms with Crippen molar-refractivity contribution in [3.63, 3.8) is 0 Å². The van der Waals surface area contributed by atoms with Gasteiger partial charge in [0.15, 0.2) is 10.8 Å². The highest BCUT2D eigenvalue weighted by atomic mass is 32.1. The van der Waals surface area contributed by atoms with Crippen LogP contribution in [-0.4, -0.2) is 51.4 Å². The quantitative estimate of drug-likeness (QED) is 0.266. The number of methoxy groups -OCH3 is 1. The zero-order valence-corrected chi connectivity index (χ0v) is 23.0. The van der Waals surface area contributed by atoms with Gasteiger partial charge in [0.2, 0.25) is 0 Å². The van der Waals surface area contributed by atoms with Crippen LogP contribution in [0.1, 0.15) is 63.8 Å². The first-order chi connectivity index (χ1) is 18.2. The van der Waals surface area contributed by atoms with Crippen molar-refractivity contribution in [1.82, 2.24) is 20.0 Å². The zero-order valence-electron chi connectivity index (χ0n) is 22.1. The normalized spacial score (nSPS) is 20.1. The van der Waals surface area contributed by atoms with Crippen molar-refractivity contribution >= 4 is 27.6 Å². The summed E-state index contributed by atoms with van der Waals surface area (Å²) in [5.74, 6) is 2.13. The number of rotatable bonds is 7. The average molecular weight is 533 g/mol. The molecule has 2 aromatic heterocycles. The lowest BCUT2D eigenvalue weighted by molar-refractivity contribution is 0.0123. The van der Waals surface area contributed by atoms with Gasteiger partial charge in [0.1, 0.15) is 11.4 Å². The van der Waals surface area contributed by atoms with E-state index >= 15 is 0 Å². The van der Waals surface area contributed by atoms with Crippen LogP contribution < -0.4 is 4.74 Å². The Morgan fingerprint density at radius 1 is 1.16 bits per heavy atom.